The largest absolute Gasteiger partial charge is 0.352 e. The molecule has 9 nitrogen and oxygen atoms in total. The second-order valence-corrected chi connectivity index (χ2v) is 6.51. The first-order valence-electron chi connectivity index (χ1n) is 7.34. The average molecular weight is 348 g/mol. The standard InChI is InChI=1S/C14H16N6O3S/c1-19-8-17-18-14(19)24-12-3-2-10(4-11(12)20(22)23)13(21)16-7-9-5-15-6-9/h2-4,8-9,15H,5-7H2,1H3,(H,16,21). The molecule has 2 N–H and O–H groups in total. The van der Waals surface area contributed by atoms with Gasteiger partial charge in [-0.25, -0.2) is 0 Å². The molecule has 0 bridgehead atoms. The molecule has 126 valence electrons. The fourth-order valence-electron chi connectivity index (χ4n) is 2.18. The van der Waals surface area contributed by atoms with Gasteiger partial charge in [0.05, 0.1) is 9.82 Å². The number of benzene rings is 1. The summed E-state index contributed by atoms with van der Waals surface area (Å²) >= 11 is 1.13. The number of nitrogens with zero attached hydrogens (tertiary/aromatic N) is 4. The van der Waals surface area contributed by atoms with Gasteiger partial charge in [-0.2, -0.15) is 0 Å². The lowest BCUT2D eigenvalue weighted by Gasteiger charge is -2.27. The highest BCUT2D eigenvalue weighted by atomic mass is 32.2. The molecule has 1 amide bonds. The van der Waals surface area contributed by atoms with Gasteiger partial charge in [-0.15, -0.1) is 10.2 Å². The first-order valence-corrected chi connectivity index (χ1v) is 8.15. The first-order chi connectivity index (χ1) is 11.5. The molecule has 0 radical (unpaired) electrons. The Morgan fingerprint density at radius 3 is 2.92 bits per heavy atom. The molecule has 1 aliphatic rings. The SMILES string of the molecule is Cn1cnnc1Sc1ccc(C(=O)NCC2CNC2)cc1[N+](=O)[O-]. The highest BCUT2D eigenvalue weighted by Crippen LogP contribution is 2.34. The van der Waals surface area contributed by atoms with E-state index in [1.807, 2.05) is 0 Å². The van der Waals surface area contributed by atoms with Gasteiger partial charge in [-0.05, 0) is 23.9 Å². The fourth-order valence-corrected chi connectivity index (χ4v) is 3.03. The van der Waals surface area contributed by atoms with Gasteiger partial charge in [0, 0.05) is 44.2 Å². The van der Waals surface area contributed by atoms with E-state index in [-0.39, 0.29) is 17.2 Å². The fraction of sp³-hybridized carbons (Fsp3) is 0.357. The van der Waals surface area contributed by atoms with E-state index in [2.05, 4.69) is 20.8 Å². The van der Waals surface area contributed by atoms with Crippen LogP contribution in [0.2, 0.25) is 0 Å². The molecule has 1 aromatic heterocycles. The molecule has 2 heterocycles. The topological polar surface area (TPSA) is 115 Å². The number of amides is 1. The number of nitrogens with one attached hydrogen (secondary N) is 2. The van der Waals surface area contributed by atoms with E-state index < -0.39 is 4.92 Å². The summed E-state index contributed by atoms with van der Waals surface area (Å²) in [7, 11) is 1.76. The van der Waals surface area contributed by atoms with Crippen molar-refractivity contribution in [3.05, 3.63) is 40.2 Å². The minimum Gasteiger partial charge on any atom is -0.352 e. The molecule has 0 saturated carbocycles. The van der Waals surface area contributed by atoms with E-state index in [9.17, 15) is 14.9 Å². The molecule has 0 spiro atoms. The second kappa shape index (κ2) is 6.97. The van der Waals surface area contributed by atoms with Crippen LogP contribution in [0.15, 0.2) is 34.6 Å². The summed E-state index contributed by atoms with van der Waals surface area (Å²) < 4.78 is 1.67. The summed E-state index contributed by atoms with van der Waals surface area (Å²) in [6.07, 6.45) is 1.52. The van der Waals surface area contributed by atoms with Gasteiger partial charge in [0.1, 0.15) is 6.33 Å². The smallest absolute Gasteiger partial charge is 0.284 e. The van der Waals surface area contributed by atoms with Crippen LogP contribution in [0, 0.1) is 16.0 Å². The quantitative estimate of drug-likeness (QED) is 0.587. The van der Waals surface area contributed by atoms with Crippen molar-refractivity contribution in [3.63, 3.8) is 0 Å². The van der Waals surface area contributed by atoms with Crippen LogP contribution in [0.5, 0.6) is 0 Å². The highest BCUT2D eigenvalue weighted by Gasteiger charge is 2.21. The molecule has 0 atom stereocenters. The number of hydrogen-bond acceptors (Lipinski definition) is 7. The van der Waals surface area contributed by atoms with Gasteiger partial charge in [0.25, 0.3) is 11.6 Å². The number of rotatable bonds is 6. The molecule has 24 heavy (non-hydrogen) atoms. The van der Waals surface area contributed by atoms with E-state index in [4.69, 9.17) is 0 Å². The van der Waals surface area contributed by atoms with Gasteiger partial charge >= 0.3 is 0 Å². The van der Waals surface area contributed by atoms with Gasteiger partial charge in [0.15, 0.2) is 5.16 Å². The number of aryl methyl sites for hydroxylation is 1. The minimum atomic E-state index is -0.495. The van der Waals surface area contributed by atoms with Crippen molar-refractivity contribution >= 4 is 23.4 Å². The van der Waals surface area contributed by atoms with Gasteiger partial charge in [-0.3, -0.25) is 14.9 Å². The predicted octanol–water partition coefficient (Wildman–Crippen LogP) is 0.824. The van der Waals surface area contributed by atoms with Crippen LogP contribution in [-0.2, 0) is 7.05 Å². The van der Waals surface area contributed by atoms with Crippen molar-refractivity contribution in [2.24, 2.45) is 13.0 Å². The third kappa shape index (κ3) is 3.54. The lowest BCUT2D eigenvalue weighted by atomic mass is 10.0. The third-order valence-electron chi connectivity index (χ3n) is 3.71. The van der Waals surface area contributed by atoms with Crippen molar-refractivity contribution in [1.82, 2.24) is 25.4 Å². The Morgan fingerprint density at radius 2 is 2.33 bits per heavy atom. The third-order valence-corrected chi connectivity index (χ3v) is 4.82. The van der Waals surface area contributed by atoms with Crippen LogP contribution < -0.4 is 10.6 Å². The monoisotopic (exact) mass is 348 g/mol. The Bertz CT molecular complexity index is 774. The Labute approximate surface area is 142 Å². The van der Waals surface area contributed by atoms with Gasteiger partial charge < -0.3 is 15.2 Å². The number of carbonyl (C=O) groups is 1. The zero-order valence-corrected chi connectivity index (χ0v) is 13.7. The number of aromatic nitrogens is 3. The zero-order valence-electron chi connectivity index (χ0n) is 12.9. The van der Waals surface area contributed by atoms with E-state index in [1.165, 1.54) is 12.4 Å². The Balaban J connectivity index is 1.77. The van der Waals surface area contributed by atoms with Crippen LogP contribution >= 0.6 is 11.8 Å². The van der Waals surface area contributed by atoms with Crippen LogP contribution in [-0.4, -0.2) is 45.2 Å². The molecule has 1 aromatic carbocycles. The predicted molar refractivity (Wildman–Crippen MR) is 86.9 cm³/mol. The molecule has 1 fully saturated rings. The molecule has 1 saturated heterocycles. The minimum absolute atomic E-state index is 0.124. The Hall–Kier alpha value is -2.46. The lowest BCUT2D eigenvalue weighted by Crippen LogP contribution is -2.48. The molecule has 1 aliphatic heterocycles. The van der Waals surface area contributed by atoms with Gasteiger partial charge in [0.2, 0.25) is 0 Å². The number of nitro benzene ring substituents is 1. The molecule has 2 aromatic rings. The van der Waals surface area contributed by atoms with Crippen molar-refractivity contribution in [2.75, 3.05) is 19.6 Å². The summed E-state index contributed by atoms with van der Waals surface area (Å²) in [4.78, 5) is 23.4. The molecule has 10 heteroatoms. The Morgan fingerprint density at radius 1 is 1.54 bits per heavy atom. The van der Waals surface area contributed by atoms with Crippen LogP contribution in [0.1, 0.15) is 10.4 Å². The average Bonchev–Trinajstić information content (AvgIpc) is 2.91. The molecule has 0 aliphatic carbocycles. The van der Waals surface area contributed by atoms with E-state index >= 15 is 0 Å². The van der Waals surface area contributed by atoms with Gasteiger partial charge in [-0.1, -0.05) is 0 Å². The number of hydrogen-bond donors (Lipinski definition) is 2. The molecule has 0 unspecified atom stereocenters. The van der Waals surface area contributed by atoms with Crippen molar-refractivity contribution in [2.45, 2.75) is 10.1 Å². The summed E-state index contributed by atoms with van der Waals surface area (Å²) in [6.45, 7) is 2.33. The molecular weight excluding hydrogens is 332 g/mol. The number of carbonyl (C=O) groups excluding carboxylic acids is 1. The summed E-state index contributed by atoms with van der Waals surface area (Å²) in [5, 5.41) is 25.5. The summed E-state index contributed by atoms with van der Waals surface area (Å²) in [5.41, 5.74) is 0.150. The van der Waals surface area contributed by atoms with Crippen molar-refractivity contribution in [1.29, 1.82) is 0 Å². The lowest BCUT2D eigenvalue weighted by molar-refractivity contribution is -0.387. The normalized spacial score (nSPS) is 14.2. The molecule has 3 rings (SSSR count). The zero-order chi connectivity index (χ0) is 17.1. The number of nitro groups is 1. The highest BCUT2D eigenvalue weighted by molar-refractivity contribution is 7.99. The first kappa shape index (κ1) is 16.4. The van der Waals surface area contributed by atoms with Crippen LogP contribution in [0.4, 0.5) is 5.69 Å². The van der Waals surface area contributed by atoms with Crippen molar-refractivity contribution < 1.29 is 9.72 Å². The van der Waals surface area contributed by atoms with E-state index in [0.717, 1.165) is 24.9 Å². The van der Waals surface area contributed by atoms with Crippen LogP contribution in [0.3, 0.4) is 0 Å². The maximum atomic E-state index is 12.2. The van der Waals surface area contributed by atoms with Crippen LogP contribution in [0.25, 0.3) is 0 Å². The van der Waals surface area contributed by atoms with E-state index in [0.29, 0.717) is 22.5 Å². The maximum Gasteiger partial charge on any atom is 0.284 e. The Kier molecular flexibility index (Phi) is 4.76. The van der Waals surface area contributed by atoms with E-state index in [1.54, 1.807) is 23.7 Å². The maximum absolute atomic E-state index is 12.2. The summed E-state index contributed by atoms with van der Waals surface area (Å²) in [6, 6.07) is 4.45. The summed E-state index contributed by atoms with van der Waals surface area (Å²) in [5.74, 6) is 0.120. The second-order valence-electron chi connectivity index (χ2n) is 5.50. The van der Waals surface area contributed by atoms with Crippen molar-refractivity contribution in [3.8, 4) is 0 Å². The molecular formula is C14H16N6O3S.